The van der Waals surface area contributed by atoms with Crippen molar-refractivity contribution in [2.75, 3.05) is 0 Å². The molecule has 2 aromatic carbocycles. The Morgan fingerprint density at radius 1 is 1.20 bits per heavy atom. The Hall–Kier alpha value is -2.82. The monoisotopic (exact) mass is 338 g/mol. The zero-order valence-electron chi connectivity index (χ0n) is 14.7. The fourth-order valence-corrected chi connectivity index (χ4v) is 2.91. The van der Waals surface area contributed by atoms with Gasteiger partial charge in [-0.1, -0.05) is 45.0 Å². The van der Waals surface area contributed by atoms with Gasteiger partial charge in [-0.05, 0) is 29.5 Å². The number of aromatic nitrogens is 2. The molecule has 0 bridgehead atoms. The van der Waals surface area contributed by atoms with E-state index in [9.17, 15) is 9.90 Å². The smallest absolute Gasteiger partial charge is 0.303 e. The SMILES string of the molecule is CC(C)(C)c1cc(CCC(=O)O)cc(-n2cc3ccccc3n2)c1O. The Balaban J connectivity index is 2.16. The van der Waals surface area contributed by atoms with Gasteiger partial charge < -0.3 is 10.2 Å². The first-order chi connectivity index (χ1) is 11.8. The molecule has 25 heavy (non-hydrogen) atoms. The van der Waals surface area contributed by atoms with Crippen molar-refractivity contribution in [2.24, 2.45) is 0 Å². The van der Waals surface area contributed by atoms with E-state index in [-0.39, 0.29) is 17.6 Å². The number of phenols is 1. The topological polar surface area (TPSA) is 75.3 Å². The summed E-state index contributed by atoms with van der Waals surface area (Å²) < 4.78 is 1.67. The summed E-state index contributed by atoms with van der Waals surface area (Å²) in [4.78, 5) is 10.9. The van der Waals surface area contributed by atoms with Gasteiger partial charge in [-0.3, -0.25) is 4.79 Å². The number of carbonyl (C=O) groups is 1. The molecule has 130 valence electrons. The molecule has 0 radical (unpaired) electrons. The summed E-state index contributed by atoms with van der Waals surface area (Å²) in [7, 11) is 0. The number of aromatic hydroxyl groups is 1. The number of benzene rings is 2. The van der Waals surface area contributed by atoms with Gasteiger partial charge in [-0.25, -0.2) is 4.68 Å². The summed E-state index contributed by atoms with van der Waals surface area (Å²) in [6, 6.07) is 11.5. The van der Waals surface area contributed by atoms with Crippen LogP contribution in [0, 0.1) is 0 Å². The number of aliphatic carboxylic acids is 1. The molecule has 5 nitrogen and oxygen atoms in total. The molecular formula is C20H22N2O3. The second-order valence-electron chi connectivity index (χ2n) is 7.29. The average molecular weight is 338 g/mol. The number of fused-ring (bicyclic) bond motifs is 1. The van der Waals surface area contributed by atoms with E-state index in [4.69, 9.17) is 5.11 Å². The summed E-state index contributed by atoms with van der Waals surface area (Å²) in [5.74, 6) is -0.656. The lowest BCUT2D eigenvalue weighted by molar-refractivity contribution is -0.136. The van der Waals surface area contributed by atoms with Crippen LogP contribution in [0.5, 0.6) is 5.75 Å². The lowest BCUT2D eigenvalue weighted by Gasteiger charge is -2.23. The second-order valence-corrected chi connectivity index (χ2v) is 7.29. The zero-order valence-corrected chi connectivity index (χ0v) is 14.7. The van der Waals surface area contributed by atoms with Crippen LogP contribution in [0.3, 0.4) is 0 Å². The molecule has 1 aromatic heterocycles. The van der Waals surface area contributed by atoms with Crippen LogP contribution in [-0.2, 0) is 16.6 Å². The maximum Gasteiger partial charge on any atom is 0.303 e. The van der Waals surface area contributed by atoms with Gasteiger partial charge in [0.1, 0.15) is 11.4 Å². The van der Waals surface area contributed by atoms with Crippen molar-refractivity contribution >= 4 is 16.9 Å². The summed E-state index contributed by atoms with van der Waals surface area (Å²) in [5.41, 5.74) is 2.80. The first kappa shape index (κ1) is 17.0. The lowest BCUT2D eigenvalue weighted by atomic mass is 9.84. The Bertz CT molecular complexity index is 903. The van der Waals surface area contributed by atoms with E-state index in [1.807, 2.05) is 63.4 Å². The number of carboxylic acids is 1. The first-order valence-corrected chi connectivity index (χ1v) is 8.28. The zero-order chi connectivity index (χ0) is 18.2. The molecule has 0 fully saturated rings. The number of aryl methyl sites for hydroxylation is 1. The molecule has 0 saturated heterocycles. The van der Waals surface area contributed by atoms with E-state index in [1.54, 1.807) is 4.68 Å². The molecule has 0 aliphatic carbocycles. The predicted molar refractivity (Wildman–Crippen MR) is 97.4 cm³/mol. The van der Waals surface area contributed by atoms with Crippen LogP contribution in [0.1, 0.15) is 38.3 Å². The third kappa shape index (κ3) is 3.50. The molecule has 1 heterocycles. The van der Waals surface area contributed by atoms with Gasteiger partial charge in [0, 0.05) is 23.6 Å². The van der Waals surface area contributed by atoms with Crippen LogP contribution in [0.15, 0.2) is 42.6 Å². The second kappa shape index (κ2) is 6.24. The van der Waals surface area contributed by atoms with Crippen LogP contribution < -0.4 is 0 Å². The van der Waals surface area contributed by atoms with Crippen molar-refractivity contribution in [3.8, 4) is 11.4 Å². The molecule has 0 aliphatic heterocycles. The number of hydrogen-bond acceptors (Lipinski definition) is 3. The van der Waals surface area contributed by atoms with Gasteiger partial charge in [-0.15, -0.1) is 0 Å². The Morgan fingerprint density at radius 2 is 1.92 bits per heavy atom. The van der Waals surface area contributed by atoms with Crippen molar-refractivity contribution in [1.82, 2.24) is 9.78 Å². The van der Waals surface area contributed by atoms with Gasteiger partial charge in [0.25, 0.3) is 0 Å². The van der Waals surface area contributed by atoms with Crippen molar-refractivity contribution < 1.29 is 15.0 Å². The highest BCUT2D eigenvalue weighted by atomic mass is 16.4. The van der Waals surface area contributed by atoms with Crippen molar-refractivity contribution in [1.29, 1.82) is 0 Å². The highest BCUT2D eigenvalue weighted by Crippen LogP contribution is 2.37. The standard InChI is InChI=1S/C20H22N2O3/c1-20(2,3)15-10-13(8-9-18(23)24)11-17(19(15)25)22-12-14-6-4-5-7-16(14)21-22/h4-7,10-12,25H,8-9H2,1-3H3,(H,23,24). The Morgan fingerprint density at radius 3 is 2.56 bits per heavy atom. The minimum absolute atomic E-state index is 0.0505. The molecule has 0 saturated carbocycles. The Kier molecular flexibility index (Phi) is 4.25. The van der Waals surface area contributed by atoms with Crippen molar-refractivity contribution in [2.45, 2.75) is 39.0 Å². The van der Waals surface area contributed by atoms with Gasteiger partial charge in [0.05, 0.1) is 5.52 Å². The van der Waals surface area contributed by atoms with Crippen LogP contribution in [-0.4, -0.2) is 26.0 Å². The van der Waals surface area contributed by atoms with Gasteiger partial charge in [-0.2, -0.15) is 5.10 Å². The maximum absolute atomic E-state index is 10.9. The molecule has 3 rings (SSSR count). The van der Waals surface area contributed by atoms with E-state index in [1.165, 1.54) is 0 Å². The van der Waals surface area contributed by atoms with Gasteiger partial charge >= 0.3 is 5.97 Å². The summed E-state index contributed by atoms with van der Waals surface area (Å²) in [6.45, 7) is 6.06. The quantitative estimate of drug-likeness (QED) is 0.752. The average Bonchev–Trinajstić information content (AvgIpc) is 2.96. The highest BCUT2D eigenvalue weighted by Gasteiger charge is 2.22. The van der Waals surface area contributed by atoms with Crippen LogP contribution in [0.25, 0.3) is 16.6 Å². The summed E-state index contributed by atoms with van der Waals surface area (Å²) in [6.07, 6.45) is 2.33. The Labute approximate surface area is 146 Å². The number of nitrogens with zero attached hydrogens (tertiary/aromatic N) is 2. The summed E-state index contributed by atoms with van der Waals surface area (Å²) in [5, 5.41) is 25.3. The molecule has 0 spiro atoms. The van der Waals surface area contributed by atoms with Crippen molar-refractivity contribution in [3.63, 3.8) is 0 Å². The third-order valence-electron chi connectivity index (χ3n) is 4.25. The first-order valence-electron chi connectivity index (χ1n) is 8.28. The van der Waals surface area contributed by atoms with E-state index in [0.29, 0.717) is 12.1 Å². The van der Waals surface area contributed by atoms with E-state index < -0.39 is 5.97 Å². The lowest BCUT2D eigenvalue weighted by Crippen LogP contribution is -2.14. The normalized spacial score (nSPS) is 11.8. The molecule has 0 atom stereocenters. The fourth-order valence-electron chi connectivity index (χ4n) is 2.91. The number of phenolic OH excluding ortho intramolecular Hbond substituents is 1. The van der Waals surface area contributed by atoms with Gasteiger partial charge in [0.2, 0.25) is 0 Å². The third-order valence-corrected chi connectivity index (χ3v) is 4.25. The van der Waals surface area contributed by atoms with E-state index >= 15 is 0 Å². The fraction of sp³-hybridized carbons (Fsp3) is 0.300. The predicted octanol–water partition coefficient (Wildman–Crippen LogP) is 4.05. The summed E-state index contributed by atoms with van der Waals surface area (Å²) >= 11 is 0. The molecular weight excluding hydrogens is 316 g/mol. The van der Waals surface area contributed by atoms with Crippen LogP contribution in [0.2, 0.25) is 0 Å². The van der Waals surface area contributed by atoms with E-state index in [0.717, 1.165) is 22.0 Å². The number of carboxylic acid groups (broad SMARTS) is 1. The number of hydrogen-bond donors (Lipinski definition) is 2. The molecule has 0 amide bonds. The van der Waals surface area contributed by atoms with Crippen LogP contribution in [0.4, 0.5) is 0 Å². The van der Waals surface area contributed by atoms with Crippen molar-refractivity contribution in [3.05, 3.63) is 53.7 Å². The molecule has 3 aromatic rings. The molecule has 2 N–H and O–H groups in total. The molecule has 0 unspecified atom stereocenters. The number of rotatable bonds is 4. The molecule has 0 aliphatic rings. The highest BCUT2D eigenvalue weighted by molar-refractivity contribution is 5.78. The largest absolute Gasteiger partial charge is 0.505 e. The minimum Gasteiger partial charge on any atom is -0.505 e. The van der Waals surface area contributed by atoms with Gasteiger partial charge in [0.15, 0.2) is 0 Å². The van der Waals surface area contributed by atoms with Crippen LogP contribution >= 0.6 is 0 Å². The minimum atomic E-state index is -0.836. The van der Waals surface area contributed by atoms with E-state index in [2.05, 4.69) is 5.10 Å². The molecule has 5 heteroatoms. The maximum atomic E-state index is 10.9.